The molecule has 1 aromatic heterocycles. The summed E-state index contributed by atoms with van der Waals surface area (Å²) in [5.41, 5.74) is 1.63. The topological polar surface area (TPSA) is 54.5 Å². The maximum Gasteiger partial charge on any atom is 0.410 e. The molecule has 0 radical (unpaired) electrons. The number of amides is 1. The third-order valence-corrected chi connectivity index (χ3v) is 3.53. The molecule has 1 unspecified atom stereocenters. The molecule has 1 aliphatic rings. The standard InChI is InChI=1S/C16H25N3O2/c1-12-14(6-5-8-17-12)18-10-13-7-9-19(11-13)15(20)21-16(2,3)4/h5-6,8,13,18H,7,9-11H2,1-4H3. The quantitative estimate of drug-likeness (QED) is 0.930. The highest BCUT2D eigenvalue weighted by Crippen LogP contribution is 2.20. The van der Waals surface area contributed by atoms with Crippen molar-refractivity contribution in [3.8, 4) is 0 Å². The number of rotatable bonds is 3. The van der Waals surface area contributed by atoms with Crippen LogP contribution in [0.3, 0.4) is 0 Å². The van der Waals surface area contributed by atoms with Crippen molar-refractivity contribution in [3.05, 3.63) is 24.0 Å². The van der Waals surface area contributed by atoms with Crippen molar-refractivity contribution in [3.63, 3.8) is 0 Å². The normalized spacial score (nSPS) is 18.7. The van der Waals surface area contributed by atoms with E-state index in [0.29, 0.717) is 5.92 Å². The summed E-state index contributed by atoms with van der Waals surface area (Å²) in [6, 6.07) is 3.96. The lowest BCUT2D eigenvalue weighted by Crippen LogP contribution is -2.35. The van der Waals surface area contributed by atoms with E-state index in [2.05, 4.69) is 10.3 Å². The molecule has 5 nitrogen and oxygen atoms in total. The van der Waals surface area contributed by atoms with Gasteiger partial charge in [0.2, 0.25) is 0 Å². The Hall–Kier alpha value is -1.78. The Morgan fingerprint density at radius 2 is 2.29 bits per heavy atom. The highest BCUT2D eigenvalue weighted by Gasteiger charge is 2.29. The number of hydrogen-bond acceptors (Lipinski definition) is 4. The predicted molar refractivity (Wildman–Crippen MR) is 83.4 cm³/mol. The first-order valence-corrected chi connectivity index (χ1v) is 7.48. The zero-order valence-corrected chi connectivity index (χ0v) is 13.3. The maximum atomic E-state index is 12.0. The molecule has 0 saturated carbocycles. The van der Waals surface area contributed by atoms with Crippen LogP contribution in [0.1, 0.15) is 32.9 Å². The van der Waals surface area contributed by atoms with Gasteiger partial charge in [-0.1, -0.05) is 0 Å². The molecule has 0 aromatic carbocycles. The van der Waals surface area contributed by atoms with Crippen LogP contribution in [0.2, 0.25) is 0 Å². The Bertz CT molecular complexity index is 497. The molecule has 1 saturated heterocycles. The van der Waals surface area contributed by atoms with E-state index in [1.54, 1.807) is 11.1 Å². The van der Waals surface area contributed by atoms with E-state index in [1.165, 1.54) is 0 Å². The van der Waals surface area contributed by atoms with Gasteiger partial charge < -0.3 is 15.0 Å². The van der Waals surface area contributed by atoms with Crippen molar-refractivity contribution in [1.29, 1.82) is 0 Å². The van der Waals surface area contributed by atoms with Gasteiger partial charge in [0.15, 0.2) is 0 Å². The molecule has 1 N–H and O–H groups in total. The average Bonchev–Trinajstić information content (AvgIpc) is 2.85. The molecule has 1 fully saturated rings. The second-order valence-corrected chi connectivity index (χ2v) is 6.60. The molecule has 5 heteroatoms. The van der Waals surface area contributed by atoms with Gasteiger partial charge in [0, 0.05) is 25.8 Å². The Balaban J connectivity index is 1.80. The first kappa shape index (κ1) is 15.6. The molecular weight excluding hydrogens is 266 g/mol. The van der Waals surface area contributed by atoms with Crippen molar-refractivity contribution in [2.75, 3.05) is 25.0 Å². The van der Waals surface area contributed by atoms with Crippen LogP contribution in [0, 0.1) is 12.8 Å². The van der Waals surface area contributed by atoms with Gasteiger partial charge >= 0.3 is 6.09 Å². The van der Waals surface area contributed by atoms with E-state index in [1.807, 2.05) is 39.8 Å². The molecule has 1 amide bonds. The number of carbonyl (C=O) groups excluding carboxylic acids is 1. The predicted octanol–water partition coefficient (Wildman–Crippen LogP) is 3.06. The lowest BCUT2D eigenvalue weighted by atomic mass is 10.1. The summed E-state index contributed by atoms with van der Waals surface area (Å²) in [7, 11) is 0. The number of pyridine rings is 1. The summed E-state index contributed by atoms with van der Waals surface area (Å²) < 4.78 is 5.41. The van der Waals surface area contributed by atoms with Crippen LogP contribution in [-0.2, 0) is 4.74 Å². The highest BCUT2D eigenvalue weighted by atomic mass is 16.6. The van der Waals surface area contributed by atoms with Gasteiger partial charge in [-0.05, 0) is 52.2 Å². The lowest BCUT2D eigenvalue weighted by Gasteiger charge is -2.24. The summed E-state index contributed by atoms with van der Waals surface area (Å²) in [5.74, 6) is 0.456. The molecular formula is C16H25N3O2. The largest absolute Gasteiger partial charge is 0.444 e. The molecule has 0 aliphatic carbocycles. The fourth-order valence-corrected chi connectivity index (χ4v) is 2.42. The Kier molecular flexibility index (Phi) is 4.70. The fraction of sp³-hybridized carbons (Fsp3) is 0.625. The van der Waals surface area contributed by atoms with Crippen molar-refractivity contribution >= 4 is 11.8 Å². The Labute approximate surface area is 126 Å². The second kappa shape index (κ2) is 6.33. The molecule has 21 heavy (non-hydrogen) atoms. The van der Waals surface area contributed by atoms with Crippen LogP contribution in [-0.4, -0.2) is 41.2 Å². The van der Waals surface area contributed by atoms with E-state index in [-0.39, 0.29) is 6.09 Å². The fourth-order valence-electron chi connectivity index (χ4n) is 2.42. The Morgan fingerprint density at radius 3 is 2.95 bits per heavy atom. The van der Waals surface area contributed by atoms with Crippen LogP contribution < -0.4 is 5.32 Å². The van der Waals surface area contributed by atoms with E-state index in [9.17, 15) is 4.79 Å². The smallest absolute Gasteiger partial charge is 0.410 e. The van der Waals surface area contributed by atoms with Gasteiger partial charge in [0.05, 0.1) is 11.4 Å². The number of anilines is 1. The molecule has 1 aromatic rings. The number of likely N-dealkylation sites (tertiary alicyclic amines) is 1. The van der Waals surface area contributed by atoms with Gasteiger partial charge in [-0.25, -0.2) is 4.79 Å². The minimum atomic E-state index is -0.430. The summed E-state index contributed by atoms with van der Waals surface area (Å²) in [5, 5.41) is 3.42. The third-order valence-electron chi connectivity index (χ3n) is 3.53. The summed E-state index contributed by atoms with van der Waals surface area (Å²) in [4.78, 5) is 18.1. The van der Waals surface area contributed by atoms with Crippen LogP contribution in [0.5, 0.6) is 0 Å². The number of aromatic nitrogens is 1. The number of ether oxygens (including phenoxy) is 1. The number of carbonyl (C=O) groups is 1. The van der Waals surface area contributed by atoms with E-state index in [0.717, 1.165) is 37.4 Å². The van der Waals surface area contributed by atoms with Crippen LogP contribution in [0.15, 0.2) is 18.3 Å². The molecule has 116 valence electrons. The summed E-state index contributed by atoms with van der Waals surface area (Å²) in [6.07, 6.45) is 2.59. The lowest BCUT2D eigenvalue weighted by molar-refractivity contribution is 0.0289. The summed E-state index contributed by atoms with van der Waals surface area (Å²) in [6.45, 7) is 10.0. The van der Waals surface area contributed by atoms with Crippen LogP contribution in [0.25, 0.3) is 0 Å². The van der Waals surface area contributed by atoms with E-state index in [4.69, 9.17) is 4.74 Å². The van der Waals surface area contributed by atoms with Crippen LogP contribution >= 0.6 is 0 Å². The second-order valence-electron chi connectivity index (χ2n) is 6.60. The van der Waals surface area contributed by atoms with Gasteiger partial charge in [0.25, 0.3) is 0 Å². The number of aryl methyl sites for hydroxylation is 1. The van der Waals surface area contributed by atoms with Crippen molar-refractivity contribution in [2.24, 2.45) is 5.92 Å². The number of hydrogen-bond donors (Lipinski definition) is 1. The molecule has 1 aliphatic heterocycles. The van der Waals surface area contributed by atoms with E-state index < -0.39 is 5.60 Å². The van der Waals surface area contributed by atoms with Gasteiger partial charge in [-0.2, -0.15) is 0 Å². The molecule has 2 rings (SSSR count). The van der Waals surface area contributed by atoms with E-state index >= 15 is 0 Å². The number of nitrogens with one attached hydrogen (secondary N) is 1. The number of nitrogens with zero attached hydrogens (tertiary/aromatic N) is 2. The SMILES string of the molecule is Cc1ncccc1NCC1CCN(C(=O)OC(C)(C)C)C1. The zero-order chi connectivity index (χ0) is 15.5. The molecule has 0 spiro atoms. The molecule has 0 bridgehead atoms. The van der Waals surface area contributed by atoms with Crippen LogP contribution in [0.4, 0.5) is 10.5 Å². The minimum Gasteiger partial charge on any atom is -0.444 e. The first-order valence-electron chi connectivity index (χ1n) is 7.48. The highest BCUT2D eigenvalue weighted by molar-refractivity contribution is 5.68. The van der Waals surface area contributed by atoms with Crippen molar-refractivity contribution in [1.82, 2.24) is 9.88 Å². The van der Waals surface area contributed by atoms with Gasteiger partial charge in [-0.3, -0.25) is 4.98 Å². The monoisotopic (exact) mass is 291 g/mol. The third kappa shape index (κ3) is 4.62. The van der Waals surface area contributed by atoms with Crippen molar-refractivity contribution in [2.45, 2.75) is 39.7 Å². The zero-order valence-electron chi connectivity index (χ0n) is 13.3. The minimum absolute atomic E-state index is 0.206. The summed E-state index contributed by atoms with van der Waals surface area (Å²) >= 11 is 0. The maximum absolute atomic E-state index is 12.0. The molecule has 2 heterocycles. The Morgan fingerprint density at radius 1 is 1.52 bits per heavy atom. The van der Waals surface area contributed by atoms with Crippen molar-refractivity contribution < 1.29 is 9.53 Å². The van der Waals surface area contributed by atoms with Gasteiger partial charge in [0.1, 0.15) is 5.60 Å². The average molecular weight is 291 g/mol. The van der Waals surface area contributed by atoms with Gasteiger partial charge in [-0.15, -0.1) is 0 Å². The first-order chi connectivity index (χ1) is 9.85. The molecule has 1 atom stereocenters.